The van der Waals surface area contributed by atoms with Gasteiger partial charge in [-0.15, -0.1) is 0 Å². The second-order valence-corrected chi connectivity index (χ2v) is 15.8. The number of para-hydroxylation sites is 3. The summed E-state index contributed by atoms with van der Waals surface area (Å²) in [4.78, 5) is 10.2. The maximum Gasteiger partial charge on any atom is 0.160 e. The van der Waals surface area contributed by atoms with Crippen molar-refractivity contribution in [3.63, 3.8) is 0 Å². The molecule has 0 amide bonds. The normalized spacial score (nSPS) is 11.5. The molecule has 9 aromatic carbocycles. The molecule has 0 aliphatic carbocycles. The first-order valence-electron chi connectivity index (χ1n) is 21.1. The summed E-state index contributed by atoms with van der Waals surface area (Å²) in [6, 6.07) is 82.2. The van der Waals surface area contributed by atoms with E-state index in [1.54, 1.807) is 0 Å². The third-order valence-corrected chi connectivity index (χ3v) is 12.1. The van der Waals surface area contributed by atoms with E-state index in [2.05, 4.69) is 228 Å². The van der Waals surface area contributed by atoms with E-state index in [1.807, 2.05) is 12.1 Å². The molecule has 0 N–H and O–H groups in total. The first-order chi connectivity index (χ1) is 30.7. The molecular weight excluding hydrogens is 753 g/mol. The molecule has 0 aliphatic rings. The van der Waals surface area contributed by atoms with Gasteiger partial charge in [-0.3, -0.25) is 0 Å². The van der Waals surface area contributed by atoms with Crippen molar-refractivity contribution in [1.29, 1.82) is 0 Å². The van der Waals surface area contributed by atoms with E-state index in [1.165, 1.54) is 49.2 Å². The Morgan fingerprint density at radius 1 is 0.242 bits per heavy atom. The lowest BCUT2D eigenvalue weighted by Gasteiger charge is -2.12. The van der Waals surface area contributed by atoms with E-state index < -0.39 is 0 Å². The van der Waals surface area contributed by atoms with Gasteiger partial charge in [0.15, 0.2) is 5.82 Å². The lowest BCUT2D eigenvalue weighted by Crippen LogP contribution is -1.96. The van der Waals surface area contributed by atoms with Crippen LogP contribution in [-0.2, 0) is 0 Å². The summed E-state index contributed by atoms with van der Waals surface area (Å²) in [5, 5.41) is 4.92. The van der Waals surface area contributed by atoms with Gasteiger partial charge in [0.2, 0.25) is 0 Å². The molecule has 0 saturated carbocycles. The van der Waals surface area contributed by atoms with Crippen molar-refractivity contribution in [2.24, 2.45) is 0 Å². The van der Waals surface area contributed by atoms with Crippen LogP contribution in [0.15, 0.2) is 231 Å². The molecule has 4 heteroatoms. The minimum atomic E-state index is 0.699. The van der Waals surface area contributed by atoms with E-state index in [-0.39, 0.29) is 0 Å². The zero-order chi connectivity index (χ0) is 41.0. The van der Waals surface area contributed by atoms with E-state index in [0.29, 0.717) is 5.82 Å². The van der Waals surface area contributed by atoms with Gasteiger partial charge in [-0.2, -0.15) is 0 Å². The van der Waals surface area contributed by atoms with Gasteiger partial charge in [-0.25, -0.2) is 9.97 Å². The zero-order valence-corrected chi connectivity index (χ0v) is 33.7. The second-order valence-electron chi connectivity index (χ2n) is 15.8. The first-order valence-corrected chi connectivity index (χ1v) is 21.1. The molecule has 0 atom stereocenters. The predicted molar refractivity (Wildman–Crippen MR) is 258 cm³/mol. The largest absolute Gasteiger partial charge is 0.309 e. The summed E-state index contributed by atoms with van der Waals surface area (Å²) in [5.74, 6) is 0.699. The van der Waals surface area contributed by atoms with Gasteiger partial charge in [0, 0.05) is 49.6 Å². The number of rotatable bonds is 7. The van der Waals surface area contributed by atoms with Crippen LogP contribution in [0.1, 0.15) is 0 Å². The molecule has 3 heterocycles. The standard InChI is InChI=1S/C58H38N4/c1-4-16-39(17-5-1)52-38-53(40-18-6-2-7-19-40)60-58(59-52)45-22-14-20-41(34-45)43-31-33-56-51(36-43)49-27-11-13-29-55(49)62(56)47-25-15-21-42(35-47)44-30-32-50-48-26-10-12-28-54(48)61(57(50)37-44)46-23-8-3-9-24-46/h1-38H. The number of fused-ring (bicyclic) bond motifs is 6. The fourth-order valence-electron chi connectivity index (χ4n) is 9.19. The number of nitrogens with zero attached hydrogens (tertiary/aromatic N) is 4. The predicted octanol–water partition coefficient (Wildman–Crippen LogP) is 15.0. The quantitative estimate of drug-likeness (QED) is 0.161. The van der Waals surface area contributed by atoms with E-state index >= 15 is 0 Å². The topological polar surface area (TPSA) is 35.6 Å². The average Bonchev–Trinajstić information content (AvgIpc) is 3.87. The Hall–Kier alpha value is -8.34. The van der Waals surface area contributed by atoms with Crippen molar-refractivity contribution < 1.29 is 0 Å². The van der Waals surface area contributed by atoms with Crippen molar-refractivity contribution in [3.8, 4) is 67.5 Å². The van der Waals surface area contributed by atoms with E-state index in [0.717, 1.165) is 56.1 Å². The summed E-state index contributed by atoms with van der Waals surface area (Å²) in [6.45, 7) is 0. The van der Waals surface area contributed by atoms with Crippen molar-refractivity contribution in [2.75, 3.05) is 0 Å². The Balaban J connectivity index is 0.953. The summed E-state index contributed by atoms with van der Waals surface area (Å²) < 4.78 is 4.79. The molecule has 4 nitrogen and oxygen atoms in total. The Morgan fingerprint density at radius 2 is 0.694 bits per heavy atom. The van der Waals surface area contributed by atoms with Crippen molar-refractivity contribution in [3.05, 3.63) is 231 Å². The Bertz CT molecular complexity index is 3560. The van der Waals surface area contributed by atoms with Crippen LogP contribution in [0.3, 0.4) is 0 Å². The number of benzene rings is 9. The smallest absolute Gasteiger partial charge is 0.160 e. The average molecular weight is 791 g/mol. The Morgan fingerprint density at radius 3 is 1.39 bits per heavy atom. The molecule has 3 aromatic heterocycles. The molecule has 12 rings (SSSR count). The van der Waals surface area contributed by atoms with Gasteiger partial charge in [0.1, 0.15) is 0 Å². The third kappa shape index (κ3) is 6.08. The van der Waals surface area contributed by atoms with Crippen molar-refractivity contribution in [1.82, 2.24) is 19.1 Å². The molecule has 0 saturated heterocycles. The summed E-state index contributed by atoms with van der Waals surface area (Å²) in [7, 11) is 0. The van der Waals surface area contributed by atoms with Crippen LogP contribution in [0.2, 0.25) is 0 Å². The van der Waals surface area contributed by atoms with Crippen LogP contribution in [0, 0.1) is 0 Å². The molecule has 62 heavy (non-hydrogen) atoms. The van der Waals surface area contributed by atoms with Gasteiger partial charge in [-0.1, -0.05) is 164 Å². The molecule has 0 unspecified atom stereocenters. The fraction of sp³-hybridized carbons (Fsp3) is 0. The zero-order valence-electron chi connectivity index (χ0n) is 33.7. The first kappa shape index (κ1) is 35.6. The van der Waals surface area contributed by atoms with Crippen LogP contribution in [0.25, 0.3) is 111 Å². The lowest BCUT2D eigenvalue weighted by molar-refractivity contribution is 1.18. The van der Waals surface area contributed by atoms with Crippen LogP contribution >= 0.6 is 0 Å². The highest BCUT2D eigenvalue weighted by Crippen LogP contribution is 2.39. The molecule has 0 fully saturated rings. The van der Waals surface area contributed by atoms with Crippen molar-refractivity contribution >= 4 is 43.6 Å². The van der Waals surface area contributed by atoms with E-state index in [4.69, 9.17) is 9.97 Å². The van der Waals surface area contributed by atoms with Crippen LogP contribution in [0.5, 0.6) is 0 Å². The van der Waals surface area contributed by atoms with Gasteiger partial charge in [-0.05, 0) is 89.0 Å². The fourth-order valence-corrected chi connectivity index (χ4v) is 9.19. The maximum atomic E-state index is 5.12. The highest BCUT2D eigenvalue weighted by Gasteiger charge is 2.17. The molecule has 0 radical (unpaired) electrons. The second kappa shape index (κ2) is 14.7. The van der Waals surface area contributed by atoms with Crippen LogP contribution in [-0.4, -0.2) is 19.1 Å². The highest BCUT2D eigenvalue weighted by molar-refractivity contribution is 6.11. The van der Waals surface area contributed by atoms with Gasteiger partial charge < -0.3 is 9.13 Å². The Labute approximate surface area is 359 Å². The van der Waals surface area contributed by atoms with Gasteiger partial charge in [0.05, 0.1) is 33.5 Å². The monoisotopic (exact) mass is 790 g/mol. The van der Waals surface area contributed by atoms with Gasteiger partial charge >= 0.3 is 0 Å². The number of hydrogen-bond donors (Lipinski definition) is 0. The molecule has 0 spiro atoms. The van der Waals surface area contributed by atoms with Crippen molar-refractivity contribution in [2.45, 2.75) is 0 Å². The number of aromatic nitrogens is 4. The third-order valence-electron chi connectivity index (χ3n) is 12.1. The molecule has 0 bridgehead atoms. The maximum absolute atomic E-state index is 5.12. The van der Waals surface area contributed by atoms with Crippen LogP contribution < -0.4 is 0 Å². The Kier molecular flexibility index (Phi) is 8.46. The number of hydrogen-bond acceptors (Lipinski definition) is 2. The summed E-state index contributed by atoms with van der Waals surface area (Å²) in [5.41, 5.74) is 16.5. The molecular formula is C58H38N4. The SMILES string of the molecule is c1ccc(-c2cc(-c3ccccc3)nc(-c3cccc(-c4ccc5c(c4)c4ccccc4n5-c4cccc(-c5ccc6c7ccccc7n(-c7ccccc7)c6c5)c4)c3)n2)cc1. The molecule has 290 valence electrons. The summed E-state index contributed by atoms with van der Waals surface area (Å²) in [6.07, 6.45) is 0. The minimum Gasteiger partial charge on any atom is -0.309 e. The van der Waals surface area contributed by atoms with Gasteiger partial charge in [0.25, 0.3) is 0 Å². The minimum absolute atomic E-state index is 0.699. The highest BCUT2D eigenvalue weighted by atomic mass is 15.0. The molecule has 12 aromatic rings. The van der Waals surface area contributed by atoms with Crippen LogP contribution in [0.4, 0.5) is 0 Å². The molecule has 0 aliphatic heterocycles. The lowest BCUT2D eigenvalue weighted by atomic mass is 10.00. The van der Waals surface area contributed by atoms with E-state index in [9.17, 15) is 0 Å². The summed E-state index contributed by atoms with van der Waals surface area (Å²) >= 11 is 0.